The highest BCUT2D eigenvalue weighted by atomic mass is 35.5. The maximum Gasteiger partial charge on any atom is 0.170 e. The number of rotatable bonds is 3. The van der Waals surface area contributed by atoms with Crippen LogP contribution in [0.1, 0.15) is 21.5 Å². The quantitative estimate of drug-likeness (QED) is 0.764. The molecule has 0 heterocycles. The van der Waals surface area contributed by atoms with Gasteiger partial charge in [0.2, 0.25) is 0 Å². The highest BCUT2D eigenvalue weighted by Gasteiger charge is 2.17. The Labute approximate surface area is 114 Å². The Balaban J connectivity index is 2.34. The second-order valence-electron chi connectivity index (χ2n) is 4.24. The van der Waals surface area contributed by atoms with Gasteiger partial charge in [-0.25, -0.2) is 8.78 Å². The van der Waals surface area contributed by atoms with Crippen LogP contribution in [0.25, 0.3) is 0 Å². The van der Waals surface area contributed by atoms with Crippen LogP contribution in [0.2, 0.25) is 5.02 Å². The van der Waals surface area contributed by atoms with E-state index in [-0.39, 0.29) is 22.6 Å². The van der Waals surface area contributed by atoms with Crippen molar-refractivity contribution in [3.63, 3.8) is 0 Å². The fraction of sp³-hybridized carbons (Fsp3) is 0.133. The van der Waals surface area contributed by atoms with E-state index in [0.717, 1.165) is 0 Å². The molecule has 0 aromatic heterocycles. The second-order valence-corrected chi connectivity index (χ2v) is 4.64. The van der Waals surface area contributed by atoms with E-state index in [9.17, 15) is 13.6 Å². The standard InChI is InChI=1S/C15H11ClF2O/c1-9-4-2-5-10(15(9)18)14(19)8-11-12(16)6-3-7-13(11)17/h2-7H,8H2,1H3. The lowest BCUT2D eigenvalue weighted by Gasteiger charge is -2.07. The lowest BCUT2D eigenvalue weighted by molar-refractivity contribution is 0.0988. The van der Waals surface area contributed by atoms with E-state index in [1.54, 1.807) is 19.1 Å². The number of Topliss-reactive ketones (excluding diaryl/α,β-unsaturated/α-hetero) is 1. The van der Waals surface area contributed by atoms with Gasteiger partial charge in [0, 0.05) is 17.0 Å². The van der Waals surface area contributed by atoms with Crippen molar-refractivity contribution < 1.29 is 13.6 Å². The summed E-state index contributed by atoms with van der Waals surface area (Å²) in [4.78, 5) is 12.0. The van der Waals surface area contributed by atoms with Crippen LogP contribution in [0.3, 0.4) is 0 Å². The summed E-state index contributed by atoms with van der Waals surface area (Å²) in [6, 6.07) is 8.73. The van der Waals surface area contributed by atoms with Gasteiger partial charge < -0.3 is 0 Å². The monoisotopic (exact) mass is 280 g/mol. The first-order chi connectivity index (χ1) is 9.00. The molecule has 0 amide bonds. The van der Waals surface area contributed by atoms with Crippen LogP contribution in [0.4, 0.5) is 8.78 Å². The fourth-order valence-electron chi connectivity index (χ4n) is 1.82. The minimum atomic E-state index is -0.569. The van der Waals surface area contributed by atoms with Crippen molar-refractivity contribution in [3.05, 3.63) is 69.7 Å². The third-order valence-corrected chi connectivity index (χ3v) is 3.25. The molecule has 0 unspecified atom stereocenters. The number of halogens is 3. The van der Waals surface area contributed by atoms with E-state index >= 15 is 0 Å². The molecular weight excluding hydrogens is 270 g/mol. The highest BCUT2D eigenvalue weighted by molar-refractivity contribution is 6.31. The molecule has 2 rings (SSSR count). The van der Waals surface area contributed by atoms with Crippen LogP contribution in [0.15, 0.2) is 36.4 Å². The van der Waals surface area contributed by atoms with E-state index < -0.39 is 17.4 Å². The summed E-state index contributed by atoms with van der Waals surface area (Å²) in [6.07, 6.45) is -0.258. The van der Waals surface area contributed by atoms with E-state index in [4.69, 9.17) is 11.6 Å². The predicted octanol–water partition coefficient (Wildman–Crippen LogP) is 4.35. The summed E-state index contributed by atoms with van der Waals surface area (Å²) in [5, 5.41) is 0.168. The van der Waals surface area contributed by atoms with Gasteiger partial charge in [-0.05, 0) is 30.7 Å². The number of ketones is 1. The number of hydrogen-bond acceptors (Lipinski definition) is 1. The van der Waals surface area contributed by atoms with Crippen molar-refractivity contribution in [2.45, 2.75) is 13.3 Å². The molecule has 4 heteroatoms. The first-order valence-electron chi connectivity index (χ1n) is 5.72. The largest absolute Gasteiger partial charge is 0.294 e. The molecule has 0 bridgehead atoms. The minimum absolute atomic E-state index is 0.0423. The van der Waals surface area contributed by atoms with Gasteiger partial charge in [0.25, 0.3) is 0 Å². The molecule has 19 heavy (non-hydrogen) atoms. The summed E-state index contributed by atoms with van der Waals surface area (Å²) < 4.78 is 27.4. The van der Waals surface area contributed by atoms with Crippen molar-refractivity contribution in [1.82, 2.24) is 0 Å². The zero-order valence-corrected chi connectivity index (χ0v) is 11.0. The number of carbonyl (C=O) groups is 1. The number of carbonyl (C=O) groups excluding carboxylic acids is 1. The molecule has 0 spiro atoms. The Morgan fingerprint density at radius 2 is 1.84 bits per heavy atom. The normalized spacial score (nSPS) is 10.5. The van der Waals surface area contributed by atoms with Crippen LogP contribution in [0, 0.1) is 18.6 Å². The predicted molar refractivity (Wildman–Crippen MR) is 70.6 cm³/mol. The van der Waals surface area contributed by atoms with Crippen LogP contribution >= 0.6 is 11.6 Å². The summed E-state index contributed by atoms with van der Waals surface area (Å²) in [5.74, 6) is -1.62. The Morgan fingerprint density at radius 1 is 1.16 bits per heavy atom. The Bertz CT molecular complexity index is 618. The average Bonchev–Trinajstić information content (AvgIpc) is 2.37. The molecule has 0 radical (unpaired) electrons. The van der Waals surface area contributed by atoms with Crippen molar-refractivity contribution in [3.8, 4) is 0 Å². The molecule has 0 atom stereocenters. The molecule has 98 valence electrons. The minimum Gasteiger partial charge on any atom is -0.294 e. The van der Waals surface area contributed by atoms with Gasteiger partial charge in [-0.2, -0.15) is 0 Å². The molecular formula is C15H11ClF2O. The van der Waals surface area contributed by atoms with Crippen molar-refractivity contribution in [1.29, 1.82) is 0 Å². The Hall–Kier alpha value is -1.74. The van der Waals surface area contributed by atoms with Crippen molar-refractivity contribution >= 4 is 17.4 Å². The zero-order chi connectivity index (χ0) is 14.0. The number of benzene rings is 2. The zero-order valence-electron chi connectivity index (χ0n) is 10.2. The molecule has 0 fully saturated rings. The van der Waals surface area contributed by atoms with E-state index in [2.05, 4.69) is 0 Å². The van der Waals surface area contributed by atoms with Crippen molar-refractivity contribution in [2.75, 3.05) is 0 Å². The highest BCUT2D eigenvalue weighted by Crippen LogP contribution is 2.22. The first-order valence-corrected chi connectivity index (χ1v) is 6.09. The van der Waals surface area contributed by atoms with Crippen LogP contribution < -0.4 is 0 Å². The number of aryl methyl sites for hydroxylation is 1. The SMILES string of the molecule is Cc1cccc(C(=O)Cc2c(F)cccc2Cl)c1F. The molecule has 0 saturated carbocycles. The summed E-state index contributed by atoms with van der Waals surface area (Å²) in [6.45, 7) is 1.57. The summed E-state index contributed by atoms with van der Waals surface area (Å²) in [7, 11) is 0. The van der Waals surface area contributed by atoms with E-state index in [0.29, 0.717) is 5.56 Å². The average molecular weight is 281 g/mol. The van der Waals surface area contributed by atoms with Gasteiger partial charge in [0.15, 0.2) is 5.78 Å². The maximum atomic E-state index is 13.8. The van der Waals surface area contributed by atoms with Crippen molar-refractivity contribution in [2.24, 2.45) is 0 Å². The molecule has 1 nitrogen and oxygen atoms in total. The fourth-order valence-corrected chi connectivity index (χ4v) is 2.05. The van der Waals surface area contributed by atoms with Gasteiger partial charge in [0.05, 0.1) is 5.56 Å². The van der Waals surface area contributed by atoms with Gasteiger partial charge >= 0.3 is 0 Å². The first kappa shape index (κ1) is 13.7. The lowest BCUT2D eigenvalue weighted by Crippen LogP contribution is -2.08. The Morgan fingerprint density at radius 3 is 2.53 bits per heavy atom. The van der Waals surface area contributed by atoms with Crippen LogP contribution in [-0.4, -0.2) is 5.78 Å². The molecule has 0 N–H and O–H groups in total. The van der Waals surface area contributed by atoms with Gasteiger partial charge in [-0.3, -0.25) is 4.79 Å². The van der Waals surface area contributed by atoms with Gasteiger partial charge in [-0.1, -0.05) is 29.8 Å². The Kier molecular flexibility index (Phi) is 3.96. The smallest absolute Gasteiger partial charge is 0.170 e. The molecule has 2 aromatic carbocycles. The number of hydrogen-bond donors (Lipinski definition) is 0. The van der Waals surface area contributed by atoms with Crippen LogP contribution in [0.5, 0.6) is 0 Å². The third kappa shape index (κ3) is 2.82. The molecule has 0 saturated heterocycles. The molecule has 2 aromatic rings. The van der Waals surface area contributed by atoms with E-state index in [1.165, 1.54) is 24.3 Å². The maximum absolute atomic E-state index is 13.8. The third-order valence-electron chi connectivity index (χ3n) is 2.89. The molecule has 0 aliphatic heterocycles. The topological polar surface area (TPSA) is 17.1 Å². The summed E-state index contributed by atoms with van der Waals surface area (Å²) in [5.41, 5.74) is 0.430. The molecule has 0 aliphatic rings. The van der Waals surface area contributed by atoms with Crippen LogP contribution in [-0.2, 0) is 6.42 Å². The van der Waals surface area contributed by atoms with Gasteiger partial charge in [0.1, 0.15) is 11.6 Å². The lowest BCUT2D eigenvalue weighted by atomic mass is 10.0. The summed E-state index contributed by atoms with van der Waals surface area (Å²) >= 11 is 5.85. The second kappa shape index (κ2) is 5.49. The molecule has 0 aliphatic carbocycles. The van der Waals surface area contributed by atoms with E-state index in [1.807, 2.05) is 0 Å². The van der Waals surface area contributed by atoms with Gasteiger partial charge in [-0.15, -0.1) is 0 Å².